The summed E-state index contributed by atoms with van der Waals surface area (Å²) in [6.07, 6.45) is -9.60. The number of carbonyl (C=O) groups is 12. The molecule has 2 fully saturated rings. The van der Waals surface area contributed by atoms with Crippen molar-refractivity contribution in [3.63, 3.8) is 0 Å². The lowest BCUT2D eigenvalue weighted by atomic mass is 10.0. The van der Waals surface area contributed by atoms with Crippen molar-refractivity contribution in [1.29, 1.82) is 0 Å². The number of nitrogens with zero attached hydrogens (tertiary/aromatic N) is 8. The van der Waals surface area contributed by atoms with Crippen LogP contribution in [0.25, 0.3) is 20.9 Å². The highest BCUT2D eigenvalue weighted by Gasteiger charge is 2.43. The van der Waals surface area contributed by atoms with Gasteiger partial charge in [0.2, 0.25) is 17.7 Å². The quantitative estimate of drug-likeness (QED) is 0.0119. The van der Waals surface area contributed by atoms with E-state index in [9.17, 15) is 95.0 Å². The van der Waals surface area contributed by atoms with Crippen molar-refractivity contribution in [2.75, 3.05) is 13.2 Å². The van der Waals surface area contributed by atoms with Crippen molar-refractivity contribution in [1.82, 2.24) is 51.0 Å². The number of ether oxygens (including phenoxy) is 8. The maximum atomic E-state index is 13.3. The fraction of sp³-hybridized carbons (Fsp3) is 0.726. The monoisotopic (exact) mass is 1690 g/mol. The van der Waals surface area contributed by atoms with Gasteiger partial charge in [0.15, 0.2) is 0 Å². The molecule has 2 aliphatic heterocycles. The average Bonchev–Trinajstić information content (AvgIpc) is 1.70. The maximum Gasteiger partial charge on any atom is 0.471 e. The molecule has 662 valence electrons. The summed E-state index contributed by atoms with van der Waals surface area (Å²) in [5, 5.41) is 39.4. The molecule has 12 atom stereocenters. The van der Waals surface area contributed by atoms with E-state index in [-0.39, 0.29) is 86.9 Å². The van der Waals surface area contributed by atoms with Crippen LogP contribution in [-0.4, -0.2) is 203 Å². The number of aryl methyl sites for hydroxylation is 2. The van der Waals surface area contributed by atoms with Gasteiger partial charge in [-0.05, 0) is 164 Å². The number of aliphatic carboxylic acids is 2. The SMILES string of the molecule is CC(C)CC(NC(=O)OC(C)(C)C)C(=O)NC(CCC(=O)O)C(=O)OC(C)(C)C.Cc1cn([C@H]2CC(N=[N+]=[N-])[C@@H](COC(=O)CCC(NC(=O)C(CC(C)C)NC(=O)C(F)(F)F)C(=O)O)O2)c(=O)[nH]c1=O.Cc1cn([C@H]2CC(N=[N+]=[N-])[C@@H](COC(=O)CCC(NC(=O)C(CC(C)C)NC(=O)OC(C)(C)C)C(=O)OC(C)(C)C)O2)c(=O)[nH]c1=O. The molecule has 4 heterocycles. The number of carboxylic acids is 2. The number of nitrogens with one attached hydrogen (secondary N) is 8. The van der Waals surface area contributed by atoms with Crippen LogP contribution in [0.1, 0.15) is 219 Å². The third-order valence-electron chi connectivity index (χ3n) is 16.1. The second kappa shape index (κ2) is 46.2. The number of amides is 6. The number of carbonyl (C=O) groups excluding carboxylic acids is 10. The van der Waals surface area contributed by atoms with Gasteiger partial charge in [0.1, 0.15) is 96.5 Å². The van der Waals surface area contributed by atoms with Crippen molar-refractivity contribution < 1.29 is 119 Å². The molecule has 2 saturated heterocycles. The van der Waals surface area contributed by atoms with Crippen LogP contribution >= 0.6 is 0 Å². The third kappa shape index (κ3) is 39.3. The van der Waals surface area contributed by atoms with Gasteiger partial charge in [0.05, 0.1) is 12.1 Å². The molecule has 45 heteroatoms. The van der Waals surface area contributed by atoms with Gasteiger partial charge in [0.25, 0.3) is 11.1 Å². The van der Waals surface area contributed by atoms with Crippen LogP contribution in [0.15, 0.2) is 41.8 Å². The Morgan fingerprint density at radius 2 is 0.814 bits per heavy atom. The van der Waals surface area contributed by atoms with E-state index >= 15 is 0 Å². The number of hydrogen-bond acceptors (Lipinski definition) is 26. The summed E-state index contributed by atoms with van der Waals surface area (Å²) in [7, 11) is 0. The van der Waals surface area contributed by atoms with E-state index in [1.54, 1.807) is 102 Å². The van der Waals surface area contributed by atoms with E-state index in [0.29, 0.717) is 6.42 Å². The van der Waals surface area contributed by atoms with Gasteiger partial charge in [-0.25, -0.2) is 33.6 Å². The summed E-state index contributed by atoms with van der Waals surface area (Å²) in [6.45, 7) is 33.0. The van der Waals surface area contributed by atoms with Crippen molar-refractivity contribution in [2.24, 2.45) is 28.0 Å². The largest absolute Gasteiger partial charge is 0.481 e. The molecule has 2 aliphatic rings. The number of carboxylic acid groups (broad SMARTS) is 2. The molecule has 0 aromatic carbocycles. The number of rotatable bonds is 35. The van der Waals surface area contributed by atoms with Crippen LogP contribution in [0.4, 0.5) is 22.8 Å². The zero-order valence-corrected chi connectivity index (χ0v) is 69.9. The van der Waals surface area contributed by atoms with Crippen LogP contribution in [0, 0.1) is 31.6 Å². The highest BCUT2D eigenvalue weighted by atomic mass is 19.4. The predicted molar refractivity (Wildman–Crippen MR) is 410 cm³/mol. The molecular formula is C73H113F3N16O26. The number of halogens is 3. The van der Waals surface area contributed by atoms with E-state index in [2.05, 4.69) is 51.3 Å². The number of aromatic amines is 2. The maximum absolute atomic E-state index is 13.3. The van der Waals surface area contributed by atoms with Crippen LogP contribution in [-0.2, 0) is 85.8 Å². The first-order chi connectivity index (χ1) is 54.2. The number of hydrogen-bond donors (Lipinski definition) is 10. The van der Waals surface area contributed by atoms with Gasteiger partial charge in [-0.15, -0.1) is 0 Å². The summed E-state index contributed by atoms with van der Waals surface area (Å²) >= 11 is 0. The van der Waals surface area contributed by atoms with Gasteiger partial charge in [-0.2, -0.15) is 13.2 Å². The van der Waals surface area contributed by atoms with Gasteiger partial charge >= 0.3 is 71.5 Å². The lowest BCUT2D eigenvalue weighted by Gasteiger charge is -2.27. The first-order valence-corrected chi connectivity index (χ1v) is 37.7. The number of azide groups is 2. The Morgan fingerprint density at radius 3 is 1.11 bits per heavy atom. The summed E-state index contributed by atoms with van der Waals surface area (Å²) in [4.78, 5) is 205. The highest BCUT2D eigenvalue weighted by molar-refractivity contribution is 5.93. The number of H-pyrrole nitrogens is 2. The fourth-order valence-corrected chi connectivity index (χ4v) is 10.9. The van der Waals surface area contributed by atoms with E-state index in [0.717, 1.165) is 9.13 Å². The molecule has 4 rings (SSSR count). The number of alkyl carbamates (subject to hydrolysis) is 2. The van der Waals surface area contributed by atoms with Crippen molar-refractivity contribution >= 4 is 71.6 Å². The predicted octanol–water partition coefficient (Wildman–Crippen LogP) is 6.32. The van der Waals surface area contributed by atoms with E-state index in [1.807, 2.05) is 33.0 Å². The molecule has 0 radical (unpaired) electrons. The molecule has 2 aromatic rings. The Bertz CT molecular complexity index is 4180. The molecule has 0 saturated carbocycles. The normalized spacial score (nSPS) is 18.2. The molecule has 0 bridgehead atoms. The molecule has 118 heavy (non-hydrogen) atoms. The Balaban J connectivity index is 0.000000617. The second-order valence-corrected chi connectivity index (χ2v) is 33.0. The number of aromatic nitrogens is 4. The standard InChI is InChI=1S/C30H47N7O10.C23H30F3N7O9.C20H36N2O7/c1-16(2)12-20(33-28(43)47-30(7,8)9)25(40)32-18(26(41)46-29(4,5)6)10-11-23(38)44-15-21-19(35-36-31)13-22(45-21)37-14-17(3)24(39)34-27(37)42;1-10(2)6-14(29-21(39)23(24,25)26)19(36)28-12(20(37)38)4-5-17(34)41-9-15-13(31-32-27)7-16(42-15)33-8-11(3)18(35)30-22(33)40;1-12(2)11-14(22-18(27)29-20(6,7)8)16(25)21-13(9-10-15(23)24)17(26)28-19(3,4)5/h14,16,18-22H,10-13,15H2,1-9H3,(H,32,40)(H,33,43)(H,34,39,42);8,10,12-16H,4-7,9H2,1-3H3,(H,28,36)(H,29,39)(H,37,38)(H,30,35,40);12-14H,9-11H2,1-8H3,(H,21,25)(H,22,27)(H,23,24)/t18?,19?,20?,21-,22-;12?,13?,14?,15-,16-;/m11./s1. The molecule has 6 amide bonds. The minimum atomic E-state index is -5.26. The van der Waals surface area contributed by atoms with Gasteiger partial charge in [-0.1, -0.05) is 51.8 Å². The Kier molecular flexibility index (Phi) is 40.3. The minimum absolute atomic E-state index is 0.00549. The highest BCUT2D eigenvalue weighted by Crippen LogP contribution is 2.32. The molecule has 0 aliphatic carbocycles. The van der Waals surface area contributed by atoms with Crippen LogP contribution in [0.5, 0.6) is 0 Å². The van der Waals surface area contributed by atoms with Crippen molar-refractivity contribution in [2.45, 2.75) is 311 Å². The zero-order chi connectivity index (χ0) is 90.5. The molecule has 2 aromatic heterocycles. The zero-order valence-electron chi connectivity index (χ0n) is 69.9. The minimum Gasteiger partial charge on any atom is -0.481 e. The molecular weight excluding hydrogens is 1570 g/mol. The Labute approximate surface area is 677 Å². The van der Waals surface area contributed by atoms with Gasteiger partial charge < -0.3 is 80.0 Å². The average molecular weight is 1690 g/mol. The second-order valence-electron chi connectivity index (χ2n) is 33.0. The summed E-state index contributed by atoms with van der Waals surface area (Å²) in [5.74, 6) is -11.0. The van der Waals surface area contributed by atoms with E-state index < -0.39 is 215 Å². The van der Waals surface area contributed by atoms with Gasteiger partial charge in [0, 0.05) is 65.4 Å². The first-order valence-electron chi connectivity index (χ1n) is 37.7. The molecule has 8 unspecified atom stereocenters. The van der Waals surface area contributed by atoms with Crippen LogP contribution < -0.4 is 54.4 Å². The first kappa shape index (κ1) is 103. The van der Waals surface area contributed by atoms with Gasteiger partial charge in [-0.3, -0.25) is 62.3 Å². The fourth-order valence-electron chi connectivity index (χ4n) is 10.9. The van der Waals surface area contributed by atoms with E-state index in [1.165, 1.54) is 26.2 Å². The summed E-state index contributed by atoms with van der Waals surface area (Å²) < 4.78 is 83.5. The summed E-state index contributed by atoms with van der Waals surface area (Å²) in [6, 6.07) is -9.44. The number of esters is 4. The lowest BCUT2D eigenvalue weighted by Crippen LogP contribution is -2.54. The topological polar surface area (TPSA) is 599 Å². The smallest absolute Gasteiger partial charge is 0.471 e. The Morgan fingerprint density at radius 1 is 0.500 bits per heavy atom. The number of alkyl halides is 3. The summed E-state index contributed by atoms with van der Waals surface area (Å²) in [5.41, 5.74) is 12.5. The molecule has 42 nitrogen and oxygen atoms in total. The molecule has 0 spiro atoms. The Hall–Kier alpha value is -11.1. The van der Waals surface area contributed by atoms with Crippen LogP contribution in [0.3, 0.4) is 0 Å². The third-order valence-corrected chi connectivity index (χ3v) is 16.1. The van der Waals surface area contributed by atoms with Crippen molar-refractivity contribution in [3.8, 4) is 0 Å². The van der Waals surface area contributed by atoms with Crippen LogP contribution in [0.2, 0.25) is 0 Å². The van der Waals surface area contributed by atoms with Crippen molar-refractivity contribution in [3.05, 3.63) is 86.1 Å². The molecule has 10 N–H and O–H groups in total. The lowest BCUT2D eigenvalue weighted by molar-refractivity contribution is -0.175. The van der Waals surface area contributed by atoms with E-state index in [4.69, 9.17) is 54.1 Å².